The fraction of sp³-hybridized carbons (Fsp3) is 0.750. The Morgan fingerprint density at radius 3 is 2.60 bits per heavy atom. The number of hydrogen-bond donors (Lipinski definition) is 0. The van der Waals surface area contributed by atoms with Crippen molar-refractivity contribution in [3.05, 3.63) is 17.5 Å². The van der Waals surface area contributed by atoms with E-state index in [2.05, 4.69) is 47.9 Å². The van der Waals surface area contributed by atoms with E-state index in [1.807, 2.05) is 11.7 Å². The van der Waals surface area contributed by atoms with Crippen LogP contribution in [0.25, 0.3) is 0 Å². The first-order valence-corrected chi connectivity index (χ1v) is 6.68. The van der Waals surface area contributed by atoms with Crippen molar-refractivity contribution >= 4 is 15.9 Å². The van der Waals surface area contributed by atoms with Crippen LogP contribution in [-0.4, -0.2) is 15.1 Å². The van der Waals surface area contributed by atoms with Crippen LogP contribution in [0.5, 0.6) is 0 Å². The molecule has 0 spiro atoms. The predicted octanol–water partition coefficient (Wildman–Crippen LogP) is 3.47. The maximum Gasteiger partial charge on any atom is 0.0596 e. The van der Waals surface area contributed by atoms with Gasteiger partial charge in [-0.3, -0.25) is 4.68 Å². The Balaban J connectivity index is 2.78. The largest absolute Gasteiger partial charge is 0.272 e. The number of aryl methyl sites for hydroxylation is 2. The molecule has 1 unspecified atom stereocenters. The van der Waals surface area contributed by atoms with Gasteiger partial charge in [0.15, 0.2) is 0 Å². The molecule has 3 heteroatoms. The average Bonchev–Trinajstić information content (AvgIpc) is 2.45. The number of aromatic nitrogens is 2. The van der Waals surface area contributed by atoms with E-state index in [9.17, 15) is 0 Å². The molecule has 1 aromatic heterocycles. The van der Waals surface area contributed by atoms with E-state index in [4.69, 9.17) is 0 Å². The molecule has 1 atom stereocenters. The third kappa shape index (κ3) is 3.33. The number of nitrogens with zero attached hydrogens (tertiary/aromatic N) is 2. The Bertz CT molecular complexity index is 319. The van der Waals surface area contributed by atoms with Gasteiger partial charge in [-0.2, -0.15) is 5.10 Å². The molecule has 0 saturated heterocycles. The summed E-state index contributed by atoms with van der Waals surface area (Å²) in [7, 11) is 2.03. The number of hydrogen-bond acceptors (Lipinski definition) is 1. The summed E-state index contributed by atoms with van der Waals surface area (Å²) < 4.78 is 2.01. The van der Waals surface area contributed by atoms with Gasteiger partial charge in [-0.25, -0.2) is 0 Å². The van der Waals surface area contributed by atoms with Gasteiger partial charge in [0.1, 0.15) is 0 Å². The first-order chi connectivity index (χ1) is 7.00. The van der Waals surface area contributed by atoms with Gasteiger partial charge in [0.2, 0.25) is 0 Å². The minimum Gasteiger partial charge on any atom is -0.272 e. The summed E-state index contributed by atoms with van der Waals surface area (Å²) in [5, 5.41) is 5.44. The lowest BCUT2D eigenvalue weighted by Crippen LogP contribution is -2.22. The van der Waals surface area contributed by atoms with Crippen LogP contribution >= 0.6 is 15.9 Å². The van der Waals surface area contributed by atoms with Crippen LogP contribution in [0.4, 0.5) is 0 Å². The average molecular weight is 273 g/mol. The lowest BCUT2D eigenvalue weighted by atomic mass is 9.83. The minimum absolute atomic E-state index is 0.356. The maximum absolute atomic E-state index is 4.39. The second-order valence-corrected chi connectivity index (χ2v) is 5.33. The molecule has 0 aliphatic heterocycles. The van der Waals surface area contributed by atoms with E-state index in [-0.39, 0.29) is 0 Å². The molecule has 0 N–H and O–H groups in total. The van der Waals surface area contributed by atoms with Gasteiger partial charge in [-0.1, -0.05) is 36.2 Å². The van der Waals surface area contributed by atoms with E-state index in [1.54, 1.807) is 0 Å². The van der Waals surface area contributed by atoms with Crippen LogP contribution in [0.15, 0.2) is 6.07 Å². The monoisotopic (exact) mass is 272 g/mol. The summed E-state index contributed by atoms with van der Waals surface area (Å²) in [6, 6.07) is 2.19. The van der Waals surface area contributed by atoms with Crippen LogP contribution in [0.3, 0.4) is 0 Å². The van der Waals surface area contributed by atoms with Crippen LogP contribution in [-0.2, 0) is 13.5 Å². The lowest BCUT2D eigenvalue weighted by molar-refractivity contribution is 0.332. The molecule has 2 nitrogen and oxygen atoms in total. The van der Waals surface area contributed by atoms with Crippen LogP contribution in [0.1, 0.15) is 38.1 Å². The van der Waals surface area contributed by atoms with Crippen molar-refractivity contribution in [2.45, 2.75) is 40.0 Å². The SMILES string of the molecule is CCCC(C)(CBr)Cc1cc(C)nn1C. The highest BCUT2D eigenvalue weighted by atomic mass is 79.9. The van der Waals surface area contributed by atoms with Gasteiger partial charge in [-0.05, 0) is 31.2 Å². The molecule has 1 aromatic rings. The molecular formula is C12H21BrN2. The van der Waals surface area contributed by atoms with Crippen molar-refractivity contribution in [3.63, 3.8) is 0 Å². The Morgan fingerprint density at radius 2 is 2.20 bits per heavy atom. The number of halogens is 1. The van der Waals surface area contributed by atoms with Crippen molar-refractivity contribution in [2.24, 2.45) is 12.5 Å². The van der Waals surface area contributed by atoms with Gasteiger partial charge in [-0.15, -0.1) is 0 Å². The normalized spacial score (nSPS) is 15.3. The first-order valence-electron chi connectivity index (χ1n) is 5.56. The fourth-order valence-corrected chi connectivity index (χ4v) is 2.55. The van der Waals surface area contributed by atoms with Gasteiger partial charge >= 0.3 is 0 Å². The Morgan fingerprint density at radius 1 is 1.53 bits per heavy atom. The van der Waals surface area contributed by atoms with Crippen molar-refractivity contribution < 1.29 is 0 Å². The zero-order chi connectivity index (χ0) is 11.5. The topological polar surface area (TPSA) is 17.8 Å². The highest BCUT2D eigenvalue weighted by Crippen LogP contribution is 2.30. The molecule has 86 valence electrons. The van der Waals surface area contributed by atoms with Gasteiger partial charge in [0.05, 0.1) is 5.69 Å². The zero-order valence-electron chi connectivity index (χ0n) is 10.2. The number of alkyl halides is 1. The molecule has 0 saturated carbocycles. The standard InChI is InChI=1S/C12H21BrN2/c1-5-6-12(3,9-13)8-11-7-10(2)14-15(11)4/h7H,5-6,8-9H2,1-4H3. The third-order valence-corrected chi connectivity index (χ3v) is 4.24. The fourth-order valence-electron chi connectivity index (χ4n) is 2.07. The molecule has 0 fully saturated rings. The summed E-state index contributed by atoms with van der Waals surface area (Å²) in [4.78, 5) is 0. The summed E-state index contributed by atoms with van der Waals surface area (Å²) in [5.41, 5.74) is 2.80. The molecule has 0 radical (unpaired) electrons. The van der Waals surface area contributed by atoms with E-state index in [0.29, 0.717) is 5.41 Å². The smallest absolute Gasteiger partial charge is 0.0596 e. The van der Waals surface area contributed by atoms with Crippen molar-refractivity contribution in [1.82, 2.24) is 9.78 Å². The molecule has 1 rings (SSSR count). The summed E-state index contributed by atoms with van der Waals surface area (Å²) in [6.45, 7) is 6.64. The molecule has 0 aromatic carbocycles. The van der Waals surface area contributed by atoms with Gasteiger partial charge < -0.3 is 0 Å². The molecule has 0 amide bonds. The molecule has 1 heterocycles. The van der Waals surface area contributed by atoms with E-state index in [1.165, 1.54) is 18.5 Å². The van der Waals surface area contributed by atoms with Crippen molar-refractivity contribution in [3.8, 4) is 0 Å². The van der Waals surface area contributed by atoms with Gasteiger partial charge in [0.25, 0.3) is 0 Å². The molecule has 0 aliphatic carbocycles. The Labute approximate surface area is 101 Å². The lowest BCUT2D eigenvalue weighted by Gasteiger charge is -2.26. The highest BCUT2D eigenvalue weighted by molar-refractivity contribution is 9.09. The predicted molar refractivity (Wildman–Crippen MR) is 68.5 cm³/mol. The zero-order valence-corrected chi connectivity index (χ0v) is 11.8. The third-order valence-electron chi connectivity index (χ3n) is 2.88. The van der Waals surface area contributed by atoms with E-state index in [0.717, 1.165) is 17.4 Å². The van der Waals surface area contributed by atoms with E-state index < -0.39 is 0 Å². The van der Waals surface area contributed by atoms with Crippen LogP contribution < -0.4 is 0 Å². The van der Waals surface area contributed by atoms with Crippen molar-refractivity contribution in [2.75, 3.05) is 5.33 Å². The highest BCUT2D eigenvalue weighted by Gasteiger charge is 2.23. The summed E-state index contributed by atoms with van der Waals surface area (Å²) in [6.07, 6.45) is 3.59. The molecule has 0 bridgehead atoms. The second-order valence-electron chi connectivity index (χ2n) is 4.77. The Kier molecular flexibility index (Phi) is 4.38. The van der Waals surface area contributed by atoms with Crippen LogP contribution in [0, 0.1) is 12.3 Å². The minimum atomic E-state index is 0.356. The summed E-state index contributed by atoms with van der Waals surface area (Å²) >= 11 is 3.63. The van der Waals surface area contributed by atoms with Crippen molar-refractivity contribution in [1.29, 1.82) is 0 Å². The van der Waals surface area contributed by atoms with Gasteiger partial charge in [0, 0.05) is 18.1 Å². The molecular weight excluding hydrogens is 252 g/mol. The first kappa shape index (κ1) is 12.8. The number of rotatable bonds is 5. The van der Waals surface area contributed by atoms with Crippen LogP contribution in [0.2, 0.25) is 0 Å². The molecule has 0 aliphatic rings. The second kappa shape index (κ2) is 5.15. The Hall–Kier alpha value is -0.310. The molecule has 15 heavy (non-hydrogen) atoms. The maximum atomic E-state index is 4.39. The summed E-state index contributed by atoms with van der Waals surface area (Å²) in [5.74, 6) is 0. The van der Waals surface area contributed by atoms with E-state index >= 15 is 0 Å². The quantitative estimate of drug-likeness (QED) is 0.751.